The van der Waals surface area contributed by atoms with Gasteiger partial charge in [0.2, 0.25) is 0 Å². The van der Waals surface area contributed by atoms with Gasteiger partial charge in [-0.15, -0.1) is 0 Å². The number of ether oxygens (including phenoxy) is 1. The summed E-state index contributed by atoms with van der Waals surface area (Å²) in [5.74, 6) is 0.619. The molecule has 0 unspecified atom stereocenters. The van der Waals surface area contributed by atoms with E-state index in [9.17, 15) is 9.90 Å². The van der Waals surface area contributed by atoms with Gasteiger partial charge in [-0.2, -0.15) is 0 Å². The first-order valence-corrected chi connectivity index (χ1v) is 11.0. The van der Waals surface area contributed by atoms with Gasteiger partial charge >= 0.3 is 5.97 Å². The molecular formula is C26H26N2O4. The largest absolute Gasteiger partial charge is 0.493 e. The third-order valence-electron chi connectivity index (χ3n) is 6.36. The van der Waals surface area contributed by atoms with Gasteiger partial charge in [0.15, 0.2) is 5.76 Å². The Bertz CT molecular complexity index is 1320. The van der Waals surface area contributed by atoms with Crippen LogP contribution in [0.25, 0.3) is 33.3 Å². The average molecular weight is 431 g/mol. The Labute approximate surface area is 186 Å². The summed E-state index contributed by atoms with van der Waals surface area (Å²) in [5, 5.41) is 15.0. The van der Waals surface area contributed by atoms with Crippen molar-refractivity contribution in [2.45, 2.75) is 26.7 Å². The van der Waals surface area contributed by atoms with Crippen LogP contribution in [0.15, 0.2) is 46.9 Å². The summed E-state index contributed by atoms with van der Waals surface area (Å²) in [6, 6.07) is 13.2. The van der Waals surface area contributed by atoms with E-state index >= 15 is 0 Å². The molecular weight excluding hydrogens is 404 g/mol. The zero-order valence-corrected chi connectivity index (χ0v) is 18.3. The van der Waals surface area contributed by atoms with Gasteiger partial charge in [-0.05, 0) is 69.5 Å². The molecule has 6 nitrogen and oxygen atoms in total. The lowest BCUT2D eigenvalue weighted by Gasteiger charge is -2.23. The molecule has 0 amide bonds. The van der Waals surface area contributed by atoms with E-state index in [0.29, 0.717) is 40.6 Å². The number of pyridine rings is 1. The lowest BCUT2D eigenvalue weighted by Crippen LogP contribution is -2.30. The molecule has 1 fully saturated rings. The monoisotopic (exact) mass is 430 g/mol. The van der Waals surface area contributed by atoms with Gasteiger partial charge < -0.3 is 19.6 Å². The van der Waals surface area contributed by atoms with Gasteiger partial charge in [0.05, 0.1) is 23.1 Å². The molecule has 2 aromatic heterocycles. The highest BCUT2D eigenvalue weighted by Gasteiger charge is 2.22. The van der Waals surface area contributed by atoms with Crippen LogP contribution in [0.3, 0.4) is 0 Å². The number of nitrogens with zero attached hydrogens (tertiary/aromatic N) is 1. The molecule has 164 valence electrons. The lowest BCUT2D eigenvalue weighted by molar-refractivity contribution is 0.0698. The Morgan fingerprint density at radius 2 is 1.97 bits per heavy atom. The number of carboxylic acid groups (broad SMARTS) is 1. The predicted octanol–water partition coefficient (Wildman–Crippen LogP) is 5.34. The lowest BCUT2D eigenvalue weighted by atomic mass is 9.99. The number of hydrogen-bond donors (Lipinski definition) is 2. The number of nitrogens with one attached hydrogen (secondary N) is 1. The molecule has 6 heteroatoms. The Kier molecular flexibility index (Phi) is 5.31. The van der Waals surface area contributed by atoms with E-state index in [-0.39, 0.29) is 5.56 Å². The standard InChI is InChI=1S/C26H26N2O4/c1-15-7-8-22(31-14-17-9-11-27-12-10-17)23-19(26(29)30)13-20(28-24(15)23)25-16(2)18-5-3-4-6-21(18)32-25/h3-8,13,17,27H,9-12,14H2,1-2H3,(H,29,30). The fraction of sp³-hybridized carbons (Fsp3) is 0.308. The molecule has 32 heavy (non-hydrogen) atoms. The first kappa shape index (κ1) is 20.5. The fourth-order valence-corrected chi connectivity index (χ4v) is 4.52. The van der Waals surface area contributed by atoms with Crippen LogP contribution in [0.5, 0.6) is 5.75 Å². The smallest absolute Gasteiger partial charge is 0.336 e. The number of rotatable bonds is 5. The quantitative estimate of drug-likeness (QED) is 0.444. The maximum absolute atomic E-state index is 12.3. The molecule has 0 saturated carbocycles. The number of aryl methyl sites for hydroxylation is 2. The van der Waals surface area contributed by atoms with Crippen molar-refractivity contribution >= 4 is 27.8 Å². The van der Waals surface area contributed by atoms with E-state index in [2.05, 4.69) is 5.32 Å². The molecule has 0 spiro atoms. The van der Waals surface area contributed by atoms with Crippen LogP contribution >= 0.6 is 0 Å². The Balaban J connectivity index is 1.63. The maximum atomic E-state index is 12.3. The molecule has 5 rings (SSSR count). The van der Waals surface area contributed by atoms with E-state index in [1.807, 2.05) is 50.2 Å². The number of piperidine rings is 1. The number of furan rings is 1. The number of aromatic carboxylic acids is 1. The maximum Gasteiger partial charge on any atom is 0.336 e. The first-order chi connectivity index (χ1) is 15.5. The number of fused-ring (bicyclic) bond motifs is 2. The molecule has 1 aliphatic heterocycles. The molecule has 0 radical (unpaired) electrons. The van der Waals surface area contributed by atoms with E-state index in [1.165, 1.54) is 0 Å². The van der Waals surface area contributed by atoms with Crippen molar-refractivity contribution in [3.8, 4) is 17.2 Å². The van der Waals surface area contributed by atoms with Crippen molar-refractivity contribution < 1.29 is 19.1 Å². The van der Waals surface area contributed by atoms with E-state index < -0.39 is 5.97 Å². The van der Waals surface area contributed by atoms with Crippen LogP contribution in [0.4, 0.5) is 0 Å². The van der Waals surface area contributed by atoms with Gasteiger partial charge in [-0.25, -0.2) is 9.78 Å². The van der Waals surface area contributed by atoms with Gasteiger partial charge in [0.25, 0.3) is 0 Å². The fourth-order valence-electron chi connectivity index (χ4n) is 4.52. The predicted molar refractivity (Wildman–Crippen MR) is 124 cm³/mol. The van der Waals surface area contributed by atoms with Crippen LogP contribution in [0, 0.1) is 19.8 Å². The number of aromatic nitrogens is 1. The normalized spacial score (nSPS) is 14.8. The SMILES string of the molecule is Cc1c(-c2cc(C(=O)O)c3c(OCC4CCNCC4)ccc(C)c3n2)oc2ccccc12. The zero-order chi connectivity index (χ0) is 22.2. The average Bonchev–Trinajstić information content (AvgIpc) is 3.15. The van der Waals surface area contributed by atoms with E-state index in [0.717, 1.165) is 48.0 Å². The van der Waals surface area contributed by atoms with Crippen molar-refractivity contribution in [2.75, 3.05) is 19.7 Å². The first-order valence-electron chi connectivity index (χ1n) is 11.0. The number of carboxylic acids is 1. The van der Waals surface area contributed by atoms with Crippen molar-refractivity contribution in [3.05, 3.63) is 59.2 Å². The molecule has 1 saturated heterocycles. The Hall–Kier alpha value is -3.38. The van der Waals surface area contributed by atoms with Crippen LogP contribution < -0.4 is 10.1 Å². The van der Waals surface area contributed by atoms with Crippen molar-refractivity contribution in [1.29, 1.82) is 0 Å². The number of benzene rings is 2. The minimum absolute atomic E-state index is 0.175. The highest BCUT2D eigenvalue weighted by atomic mass is 16.5. The summed E-state index contributed by atoms with van der Waals surface area (Å²) in [7, 11) is 0. The number of hydrogen-bond acceptors (Lipinski definition) is 5. The second kappa shape index (κ2) is 8.28. The summed E-state index contributed by atoms with van der Waals surface area (Å²) in [4.78, 5) is 17.2. The Morgan fingerprint density at radius 1 is 1.19 bits per heavy atom. The third-order valence-corrected chi connectivity index (χ3v) is 6.36. The summed E-state index contributed by atoms with van der Waals surface area (Å²) in [6.07, 6.45) is 2.12. The van der Waals surface area contributed by atoms with Gasteiger partial charge in [0, 0.05) is 10.9 Å². The molecule has 2 aromatic carbocycles. The van der Waals surface area contributed by atoms with Gasteiger partial charge in [-0.3, -0.25) is 0 Å². The second-order valence-corrected chi connectivity index (χ2v) is 8.52. The van der Waals surface area contributed by atoms with Crippen molar-refractivity contribution in [2.24, 2.45) is 5.92 Å². The van der Waals surface area contributed by atoms with Gasteiger partial charge in [0.1, 0.15) is 17.0 Å². The topological polar surface area (TPSA) is 84.6 Å². The summed E-state index contributed by atoms with van der Waals surface area (Å²) in [5.41, 5.74) is 3.92. The minimum atomic E-state index is -1.01. The minimum Gasteiger partial charge on any atom is -0.493 e. The second-order valence-electron chi connectivity index (χ2n) is 8.52. The van der Waals surface area contributed by atoms with Crippen LogP contribution in [-0.2, 0) is 0 Å². The Morgan fingerprint density at radius 3 is 2.72 bits per heavy atom. The molecule has 0 atom stereocenters. The highest BCUT2D eigenvalue weighted by Crippen LogP contribution is 2.37. The van der Waals surface area contributed by atoms with Crippen LogP contribution in [0.1, 0.15) is 34.3 Å². The van der Waals surface area contributed by atoms with Crippen LogP contribution in [-0.4, -0.2) is 35.8 Å². The summed E-state index contributed by atoms with van der Waals surface area (Å²) < 4.78 is 12.2. The summed E-state index contributed by atoms with van der Waals surface area (Å²) in [6.45, 7) is 6.46. The van der Waals surface area contributed by atoms with E-state index in [1.54, 1.807) is 6.07 Å². The van der Waals surface area contributed by atoms with Crippen molar-refractivity contribution in [1.82, 2.24) is 10.3 Å². The summed E-state index contributed by atoms with van der Waals surface area (Å²) >= 11 is 0. The number of carbonyl (C=O) groups is 1. The number of para-hydroxylation sites is 1. The molecule has 1 aliphatic rings. The van der Waals surface area contributed by atoms with Crippen LogP contribution in [0.2, 0.25) is 0 Å². The molecule has 0 aliphatic carbocycles. The molecule has 4 aromatic rings. The van der Waals surface area contributed by atoms with E-state index in [4.69, 9.17) is 14.1 Å². The molecule has 2 N–H and O–H groups in total. The zero-order valence-electron chi connectivity index (χ0n) is 18.3. The highest BCUT2D eigenvalue weighted by molar-refractivity contribution is 6.07. The third kappa shape index (κ3) is 3.60. The van der Waals surface area contributed by atoms with Crippen molar-refractivity contribution in [3.63, 3.8) is 0 Å². The molecule has 3 heterocycles. The molecule has 0 bridgehead atoms. The van der Waals surface area contributed by atoms with Gasteiger partial charge in [-0.1, -0.05) is 24.3 Å².